The van der Waals surface area contributed by atoms with Crippen LogP contribution in [0, 0.1) is 10.5 Å². The molecule has 0 bridgehead atoms. The molecule has 0 saturated heterocycles. The lowest BCUT2D eigenvalue weighted by molar-refractivity contribution is 0.314. The fourth-order valence-electron chi connectivity index (χ4n) is 2.71. The summed E-state index contributed by atoms with van der Waals surface area (Å²) in [5.74, 6) is 1.04. The molecule has 0 amide bonds. The Morgan fingerprint density at radius 3 is 2.95 bits per heavy atom. The summed E-state index contributed by atoms with van der Waals surface area (Å²) in [4.78, 5) is 0. The van der Waals surface area contributed by atoms with Gasteiger partial charge in [0.15, 0.2) is 0 Å². The molecule has 0 aromatic heterocycles. The maximum absolute atomic E-state index is 6.04. The molecule has 1 N–H and O–H groups in total. The van der Waals surface area contributed by atoms with Crippen LogP contribution in [0.4, 0.5) is 5.69 Å². The summed E-state index contributed by atoms with van der Waals surface area (Å²) in [6, 6.07) is 12.6. The lowest BCUT2D eigenvalue weighted by atomic mass is 9.99. The number of aryl methyl sites for hydroxylation is 1. The van der Waals surface area contributed by atoms with Crippen molar-refractivity contribution in [3.8, 4) is 5.75 Å². The Balaban J connectivity index is 1.94. The lowest BCUT2D eigenvalue weighted by Crippen LogP contribution is -2.11. The minimum atomic E-state index is 0.275. The van der Waals surface area contributed by atoms with Crippen LogP contribution in [0.2, 0.25) is 5.02 Å². The predicted octanol–water partition coefficient (Wildman–Crippen LogP) is 5.58. The van der Waals surface area contributed by atoms with E-state index in [1.54, 1.807) is 0 Å². The Hall–Kier alpha value is -0.940. The molecule has 0 spiro atoms. The third-order valence-electron chi connectivity index (χ3n) is 3.76. The molecule has 1 aliphatic heterocycles. The molecule has 2 nitrogen and oxygen atoms in total. The number of rotatable bonds is 2. The van der Waals surface area contributed by atoms with Gasteiger partial charge >= 0.3 is 0 Å². The number of halogens is 2. The molecule has 1 aliphatic rings. The highest BCUT2D eigenvalue weighted by Crippen LogP contribution is 2.37. The van der Waals surface area contributed by atoms with Crippen LogP contribution in [0.1, 0.15) is 30.0 Å². The largest absolute Gasteiger partial charge is 0.493 e. The Bertz CT molecular complexity index is 659. The van der Waals surface area contributed by atoms with Gasteiger partial charge in [0, 0.05) is 19.8 Å². The molecule has 3 rings (SSSR count). The molecule has 1 atom stereocenters. The highest BCUT2D eigenvalue weighted by molar-refractivity contribution is 14.1. The van der Waals surface area contributed by atoms with Gasteiger partial charge in [-0.2, -0.15) is 0 Å². The number of hydrogen-bond acceptors (Lipinski definition) is 2. The normalized spacial score (nSPS) is 17.6. The van der Waals surface area contributed by atoms with Gasteiger partial charge in [-0.1, -0.05) is 29.8 Å². The van der Waals surface area contributed by atoms with E-state index >= 15 is 0 Å². The van der Waals surface area contributed by atoms with Crippen LogP contribution >= 0.6 is 34.2 Å². The van der Waals surface area contributed by atoms with E-state index in [0.717, 1.165) is 39.5 Å². The maximum Gasteiger partial charge on any atom is 0.127 e. The fourth-order valence-corrected chi connectivity index (χ4v) is 3.74. The monoisotopic (exact) mass is 413 g/mol. The van der Waals surface area contributed by atoms with E-state index < -0.39 is 0 Å². The first-order valence-electron chi connectivity index (χ1n) is 7.09. The van der Waals surface area contributed by atoms with Gasteiger partial charge in [-0.05, 0) is 66.1 Å². The second-order valence-electron chi connectivity index (χ2n) is 5.31. The Labute approximate surface area is 144 Å². The highest BCUT2D eigenvalue weighted by Gasteiger charge is 2.21. The van der Waals surface area contributed by atoms with Gasteiger partial charge in [-0.15, -0.1) is 0 Å². The molecule has 21 heavy (non-hydrogen) atoms. The van der Waals surface area contributed by atoms with Crippen LogP contribution in [-0.2, 0) is 0 Å². The summed E-state index contributed by atoms with van der Waals surface area (Å²) < 4.78 is 7.07. The number of fused-ring (bicyclic) bond motifs is 1. The molecular formula is C17H17ClINO. The zero-order valence-corrected chi connectivity index (χ0v) is 14.7. The molecule has 110 valence electrons. The lowest BCUT2D eigenvalue weighted by Gasteiger charge is -2.21. The second kappa shape index (κ2) is 6.44. The number of para-hydroxylation sites is 1. The molecule has 2 aromatic carbocycles. The van der Waals surface area contributed by atoms with Crippen molar-refractivity contribution >= 4 is 39.9 Å². The van der Waals surface area contributed by atoms with Gasteiger partial charge in [0.1, 0.15) is 5.75 Å². The van der Waals surface area contributed by atoms with Gasteiger partial charge in [0.25, 0.3) is 0 Å². The van der Waals surface area contributed by atoms with Crippen LogP contribution < -0.4 is 10.1 Å². The molecule has 1 heterocycles. The van der Waals surface area contributed by atoms with Crippen LogP contribution in [0.15, 0.2) is 36.4 Å². The van der Waals surface area contributed by atoms with Gasteiger partial charge in [0.05, 0.1) is 12.6 Å². The Kier molecular flexibility index (Phi) is 4.60. The third kappa shape index (κ3) is 3.29. The van der Waals surface area contributed by atoms with Gasteiger partial charge in [0.2, 0.25) is 0 Å². The summed E-state index contributed by atoms with van der Waals surface area (Å²) in [6.45, 7) is 2.89. The zero-order chi connectivity index (χ0) is 14.8. The maximum atomic E-state index is 6.04. The average Bonchev–Trinajstić information content (AvgIpc) is 2.66. The van der Waals surface area contributed by atoms with Crippen molar-refractivity contribution in [1.82, 2.24) is 0 Å². The van der Waals surface area contributed by atoms with Crippen molar-refractivity contribution in [3.63, 3.8) is 0 Å². The van der Waals surface area contributed by atoms with Crippen LogP contribution in [-0.4, -0.2) is 6.61 Å². The van der Waals surface area contributed by atoms with Crippen LogP contribution in [0.5, 0.6) is 5.75 Å². The SMILES string of the molecule is Cc1cccc2c1OCCCC2Nc1ccc(Cl)cc1I. The minimum Gasteiger partial charge on any atom is -0.493 e. The van der Waals surface area contributed by atoms with E-state index in [4.69, 9.17) is 16.3 Å². The standard InChI is InChI=1S/C17H17ClINO/c1-11-4-2-5-13-15(6-3-9-21-17(11)13)20-16-8-7-12(18)10-14(16)19/h2,4-5,7-8,10,15,20H,3,6,9H2,1H3. The van der Waals surface area contributed by atoms with Crippen molar-refractivity contribution < 1.29 is 4.74 Å². The summed E-state index contributed by atoms with van der Waals surface area (Å²) in [5, 5.41) is 4.42. The molecule has 0 radical (unpaired) electrons. The van der Waals surface area contributed by atoms with Crippen LogP contribution in [0.3, 0.4) is 0 Å². The topological polar surface area (TPSA) is 21.3 Å². The highest BCUT2D eigenvalue weighted by atomic mass is 127. The van der Waals surface area contributed by atoms with E-state index in [1.165, 1.54) is 11.1 Å². The van der Waals surface area contributed by atoms with Crippen molar-refractivity contribution in [3.05, 3.63) is 56.1 Å². The number of ether oxygens (including phenoxy) is 1. The first kappa shape index (κ1) is 15.0. The smallest absolute Gasteiger partial charge is 0.127 e. The number of nitrogens with one attached hydrogen (secondary N) is 1. The summed E-state index contributed by atoms with van der Waals surface area (Å²) in [5.41, 5.74) is 3.57. The summed E-state index contributed by atoms with van der Waals surface area (Å²) in [7, 11) is 0. The van der Waals surface area contributed by atoms with E-state index in [0.29, 0.717) is 0 Å². The molecule has 0 fully saturated rings. The van der Waals surface area contributed by atoms with Crippen molar-refractivity contribution in [2.45, 2.75) is 25.8 Å². The van der Waals surface area contributed by atoms with E-state index in [2.05, 4.69) is 53.0 Å². The van der Waals surface area contributed by atoms with Crippen molar-refractivity contribution in [1.29, 1.82) is 0 Å². The minimum absolute atomic E-state index is 0.275. The van der Waals surface area contributed by atoms with Gasteiger partial charge in [-0.3, -0.25) is 0 Å². The van der Waals surface area contributed by atoms with Crippen molar-refractivity contribution in [2.24, 2.45) is 0 Å². The fraction of sp³-hybridized carbons (Fsp3) is 0.294. The Morgan fingerprint density at radius 1 is 1.29 bits per heavy atom. The Morgan fingerprint density at radius 2 is 2.14 bits per heavy atom. The number of hydrogen-bond donors (Lipinski definition) is 1. The molecule has 0 saturated carbocycles. The zero-order valence-electron chi connectivity index (χ0n) is 11.8. The first-order valence-corrected chi connectivity index (χ1v) is 8.55. The number of benzene rings is 2. The van der Waals surface area contributed by atoms with E-state index in [1.807, 2.05) is 18.2 Å². The number of anilines is 1. The molecule has 1 unspecified atom stereocenters. The molecule has 0 aliphatic carbocycles. The molecule has 2 aromatic rings. The molecular weight excluding hydrogens is 397 g/mol. The van der Waals surface area contributed by atoms with Crippen LogP contribution in [0.25, 0.3) is 0 Å². The van der Waals surface area contributed by atoms with E-state index in [9.17, 15) is 0 Å². The quantitative estimate of drug-likeness (QED) is 0.649. The predicted molar refractivity (Wildman–Crippen MR) is 96.4 cm³/mol. The second-order valence-corrected chi connectivity index (χ2v) is 6.90. The average molecular weight is 414 g/mol. The van der Waals surface area contributed by atoms with E-state index in [-0.39, 0.29) is 6.04 Å². The first-order chi connectivity index (χ1) is 10.1. The third-order valence-corrected chi connectivity index (χ3v) is 4.89. The summed E-state index contributed by atoms with van der Waals surface area (Å²) >= 11 is 8.36. The molecule has 4 heteroatoms. The van der Waals surface area contributed by atoms with Gasteiger partial charge < -0.3 is 10.1 Å². The van der Waals surface area contributed by atoms with Gasteiger partial charge in [-0.25, -0.2) is 0 Å². The van der Waals surface area contributed by atoms with Crippen molar-refractivity contribution in [2.75, 3.05) is 11.9 Å². The summed E-state index contributed by atoms with van der Waals surface area (Å²) in [6.07, 6.45) is 2.12.